The molecule has 4 rings (SSSR count). The molecule has 0 radical (unpaired) electrons. The number of fused-ring (bicyclic) bond motifs is 2. The summed E-state index contributed by atoms with van der Waals surface area (Å²) in [4.78, 5) is 9.89. The number of dihydropyridines is 1. The third-order valence-corrected chi connectivity index (χ3v) is 5.58. The minimum Gasteiger partial charge on any atom is -0.497 e. The van der Waals surface area contributed by atoms with E-state index in [0.29, 0.717) is 23.7 Å². The molecule has 0 bridgehead atoms. The minimum absolute atomic E-state index is 0.117. The molecule has 7 nitrogen and oxygen atoms in total. The van der Waals surface area contributed by atoms with Crippen molar-refractivity contribution in [3.63, 3.8) is 0 Å². The highest BCUT2D eigenvalue weighted by Gasteiger charge is 2.32. The van der Waals surface area contributed by atoms with Crippen LogP contribution < -0.4 is 5.14 Å². The molecule has 1 atom stereocenters. The number of allylic oxidation sites excluding steroid dienone is 2. The van der Waals surface area contributed by atoms with E-state index < -0.39 is 26.6 Å². The zero-order chi connectivity index (χ0) is 20.1. The smallest absolute Gasteiger partial charge is 0.238 e. The Kier molecular flexibility index (Phi) is 4.39. The lowest BCUT2D eigenvalue weighted by atomic mass is 10.0. The second-order valence-corrected chi connectivity index (χ2v) is 7.99. The molecule has 1 aromatic rings. The summed E-state index contributed by atoms with van der Waals surface area (Å²) in [5.74, 6) is -1.31. The van der Waals surface area contributed by atoms with Crippen molar-refractivity contribution in [1.82, 2.24) is 4.90 Å². The van der Waals surface area contributed by atoms with Gasteiger partial charge in [-0.2, -0.15) is 0 Å². The van der Waals surface area contributed by atoms with Gasteiger partial charge in [-0.3, -0.25) is 9.98 Å². The van der Waals surface area contributed by atoms with E-state index in [4.69, 9.17) is 9.88 Å². The molecule has 2 heterocycles. The van der Waals surface area contributed by atoms with Crippen molar-refractivity contribution in [2.24, 2.45) is 15.1 Å². The second kappa shape index (κ2) is 6.64. The summed E-state index contributed by atoms with van der Waals surface area (Å²) in [7, 11) is -2.66. The number of primary sulfonamides is 1. The number of sulfonamides is 1. The van der Waals surface area contributed by atoms with Crippen molar-refractivity contribution in [3.8, 4) is 0 Å². The average molecular weight is 406 g/mol. The predicted octanol–water partition coefficient (Wildman–Crippen LogP) is 1.63. The van der Waals surface area contributed by atoms with Gasteiger partial charge in [-0.15, -0.1) is 0 Å². The Hall–Kier alpha value is -2.85. The van der Waals surface area contributed by atoms with Crippen molar-refractivity contribution >= 4 is 22.5 Å². The van der Waals surface area contributed by atoms with Crippen LogP contribution in [-0.2, 0) is 21.3 Å². The molecule has 0 saturated carbocycles. The Morgan fingerprint density at radius 1 is 1.32 bits per heavy atom. The van der Waals surface area contributed by atoms with Crippen molar-refractivity contribution in [3.05, 3.63) is 64.2 Å². The lowest BCUT2D eigenvalue weighted by molar-refractivity contribution is 0.307. The molecule has 0 aromatic heterocycles. The van der Waals surface area contributed by atoms with Crippen LogP contribution in [0.3, 0.4) is 0 Å². The summed E-state index contributed by atoms with van der Waals surface area (Å²) in [6.07, 6.45) is 6.90. The number of methoxy groups -OCH3 is 1. The van der Waals surface area contributed by atoms with Crippen LogP contribution in [0, 0.1) is 11.6 Å². The molecule has 2 N–H and O–H groups in total. The fourth-order valence-corrected chi connectivity index (χ4v) is 3.88. The van der Waals surface area contributed by atoms with Gasteiger partial charge in [-0.25, -0.2) is 22.3 Å². The van der Waals surface area contributed by atoms with Gasteiger partial charge >= 0.3 is 0 Å². The maximum absolute atomic E-state index is 14.5. The SMILES string of the molecule is COC1=CC2N=CC3=C(C2=C1)N(Cc1c(F)cc(S(N)(=O)=O)cc1F)CC=N3. The normalized spacial score (nSPS) is 20.7. The summed E-state index contributed by atoms with van der Waals surface area (Å²) in [6.45, 7) is 0.211. The first-order chi connectivity index (χ1) is 13.3. The molecule has 0 saturated heterocycles. The van der Waals surface area contributed by atoms with Crippen LogP contribution in [0.2, 0.25) is 0 Å². The van der Waals surface area contributed by atoms with Crippen molar-refractivity contribution < 1.29 is 21.9 Å². The average Bonchev–Trinajstić information content (AvgIpc) is 3.07. The van der Waals surface area contributed by atoms with E-state index in [1.807, 2.05) is 12.2 Å². The van der Waals surface area contributed by atoms with Crippen LogP contribution in [0.15, 0.2) is 61.9 Å². The number of hydrogen-bond donors (Lipinski definition) is 1. The number of ether oxygens (including phenoxy) is 1. The molecular formula is C18H16F2N4O3S. The second-order valence-electron chi connectivity index (χ2n) is 6.43. The molecule has 1 aromatic carbocycles. The summed E-state index contributed by atoms with van der Waals surface area (Å²) in [6, 6.07) is 1.21. The van der Waals surface area contributed by atoms with E-state index >= 15 is 0 Å². The van der Waals surface area contributed by atoms with Crippen LogP contribution in [0.1, 0.15) is 5.56 Å². The third-order valence-electron chi connectivity index (χ3n) is 4.69. The zero-order valence-corrected chi connectivity index (χ0v) is 15.6. The largest absolute Gasteiger partial charge is 0.497 e. The van der Waals surface area contributed by atoms with Crippen LogP contribution in [0.4, 0.5) is 8.78 Å². The highest BCUT2D eigenvalue weighted by molar-refractivity contribution is 7.89. The first-order valence-corrected chi connectivity index (χ1v) is 9.86. The number of benzene rings is 1. The molecule has 2 aliphatic heterocycles. The molecular weight excluding hydrogens is 390 g/mol. The lowest BCUT2D eigenvalue weighted by Gasteiger charge is -2.33. The molecule has 146 valence electrons. The zero-order valence-electron chi connectivity index (χ0n) is 14.8. The number of halogens is 2. The van der Waals surface area contributed by atoms with Gasteiger partial charge in [0.1, 0.15) is 23.1 Å². The number of rotatable bonds is 4. The van der Waals surface area contributed by atoms with E-state index in [2.05, 4.69) is 9.98 Å². The van der Waals surface area contributed by atoms with Crippen molar-refractivity contribution in [2.75, 3.05) is 13.7 Å². The van der Waals surface area contributed by atoms with Gasteiger partial charge in [0.25, 0.3) is 0 Å². The molecule has 28 heavy (non-hydrogen) atoms. The van der Waals surface area contributed by atoms with E-state index in [0.717, 1.165) is 17.7 Å². The monoisotopic (exact) mass is 406 g/mol. The number of hydrogen-bond acceptors (Lipinski definition) is 6. The van der Waals surface area contributed by atoms with Gasteiger partial charge in [-0.1, -0.05) is 0 Å². The molecule has 0 fully saturated rings. The minimum atomic E-state index is -4.21. The summed E-state index contributed by atoms with van der Waals surface area (Å²) < 4.78 is 57.0. The topological polar surface area (TPSA) is 97.3 Å². The Labute approximate surface area is 160 Å². The molecule has 1 aliphatic carbocycles. The summed E-state index contributed by atoms with van der Waals surface area (Å²) in [5.41, 5.74) is 1.86. The lowest BCUT2D eigenvalue weighted by Crippen LogP contribution is -2.33. The Bertz CT molecular complexity index is 1100. The Morgan fingerprint density at radius 2 is 2.04 bits per heavy atom. The molecule has 0 amide bonds. The van der Waals surface area contributed by atoms with Crippen molar-refractivity contribution in [2.45, 2.75) is 17.5 Å². The van der Waals surface area contributed by atoms with Crippen LogP contribution in [-0.4, -0.2) is 45.4 Å². The first kappa shape index (κ1) is 18.5. The Balaban J connectivity index is 1.71. The third kappa shape index (κ3) is 3.14. The van der Waals surface area contributed by atoms with Gasteiger partial charge in [0.15, 0.2) is 0 Å². The molecule has 1 unspecified atom stereocenters. The molecule has 0 spiro atoms. The van der Waals surface area contributed by atoms with Gasteiger partial charge in [0.05, 0.1) is 36.5 Å². The van der Waals surface area contributed by atoms with Crippen LogP contribution in [0.5, 0.6) is 0 Å². The maximum atomic E-state index is 14.5. The summed E-state index contributed by atoms with van der Waals surface area (Å²) >= 11 is 0. The van der Waals surface area contributed by atoms with Crippen molar-refractivity contribution in [1.29, 1.82) is 0 Å². The molecule has 10 heteroatoms. The fourth-order valence-electron chi connectivity index (χ4n) is 3.35. The Morgan fingerprint density at radius 3 is 2.68 bits per heavy atom. The maximum Gasteiger partial charge on any atom is 0.238 e. The van der Waals surface area contributed by atoms with E-state index in [1.54, 1.807) is 24.4 Å². The highest BCUT2D eigenvalue weighted by Crippen LogP contribution is 2.36. The summed E-state index contributed by atoms with van der Waals surface area (Å²) in [5, 5.41) is 4.96. The predicted molar refractivity (Wildman–Crippen MR) is 99.1 cm³/mol. The van der Waals surface area contributed by atoms with Gasteiger partial charge < -0.3 is 9.64 Å². The quantitative estimate of drug-likeness (QED) is 0.822. The first-order valence-electron chi connectivity index (χ1n) is 8.31. The van der Waals surface area contributed by atoms with Gasteiger partial charge in [0.2, 0.25) is 10.0 Å². The number of aliphatic imine (C=N–C) groups is 2. The van der Waals surface area contributed by atoms with E-state index in [1.165, 1.54) is 0 Å². The van der Waals surface area contributed by atoms with E-state index in [9.17, 15) is 17.2 Å². The van der Waals surface area contributed by atoms with E-state index in [-0.39, 0.29) is 18.2 Å². The number of nitrogens with zero attached hydrogens (tertiary/aromatic N) is 3. The highest BCUT2D eigenvalue weighted by atomic mass is 32.2. The van der Waals surface area contributed by atoms with Crippen LogP contribution >= 0.6 is 0 Å². The molecule has 3 aliphatic rings. The van der Waals surface area contributed by atoms with Crippen LogP contribution in [0.25, 0.3) is 0 Å². The number of nitrogens with two attached hydrogens (primary N) is 1. The fraction of sp³-hybridized carbons (Fsp3) is 0.222. The van der Waals surface area contributed by atoms with Gasteiger partial charge in [-0.05, 0) is 24.3 Å². The van der Waals surface area contributed by atoms with Gasteiger partial charge in [0, 0.05) is 23.9 Å². The standard InChI is InChI=1S/C18H16F2N4O3S/c1-27-10-4-12-16(5-10)23-8-17-18(12)24(3-2-22-17)9-13-14(19)6-11(7-15(13)20)28(21,25)26/h2,4-8,16H,3,9H2,1H3,(H2,21,25,26).